The lowest BCUT2D eigenvalue weighted by molar-refractivity contribution is 0.703. The largest absolute Gasteiger partial charge is 0.331 e. The van der Waals surface area contributed by atoms with E-state index < -0.39 is 16.8 Å². The van der Waals surface area contributed by atoms with Crippen molar-refractivity contribution in [3.63, 3.8) is 0 Å². The highest BCUT2D eigenvalue weighted by Gasteiger charge is 2.39. The second kappa shape index (κ2) is 9.62. The zero-order valence-corrected chi connectivity index (χ0v) is 17.1. The molecule has 0 bridgehead atoms. The zero-order valence-electron chi connectivity index (χ0n) is 15.1. The van der Waals surface area contributed by atoms with Crippen LogP contribution in [0.3, 0.4) is 0 Å². The highest BCUT2D eigenvalue weighted by atomic mass is 28.4. The van der Waals surface area contributed by atoms with Crippen LogP contribution in [-0.4, -0.2) is 29.9 Å². The Bertz CT molecular complexity index is 394. The van der Waals surface area contributed by atoms with Crippen LogP contribution in [0.25, 0.3) is 0 Å². The molecule has 1 rings (SSSR count). The van der Waals surface area contributed by atoms with Gasteiger partial charge in [0.2, 0.25) is 0 Å². The van der Waals surface area contributed by atoms with Crippen molar-refractivity contribution in [2.45, 2.75) is 59.2 Å². The van der Waals surface area contributed by atoms with Crippen LogP contribution in [0.2, 0.25) is 19.6 Å². The van der Waals surface area contributed by atoms with Crippen molar-refractivity contribution < 1.29 is 0 Å². The van der Waals surface area contributed by atoms with E-state index in [0.717, 1.165) is 13.1 Å². The first-order chi connectivity index (χ1) is 10.4. The number of nitrogens with one attached hydrogen (secondary N) is 3. The summed E-state index contributed by atoms with van der Waals surface area (Å²) in [5.41, 5.74) is 0. The molecular weight excluding hydrogens is 302 g/mol. The first-order valence-corrected chi connectivity index (χ1v) is 14.3. The summed E-state index contributed by atoms with van der Waals surface area (Å²) >= 11 is 0. The van der Waals surface area contributed by atoms with Gasteiger partial charge in [-0.3, -0.25) is 0 Å². The van der Waals surface area contributed by atoms with Gasteiger partial charge < -0.3 is 14.6 Å². The number of unbranched alkanes of at least 4 members (excludes halogenated alkanes) is 2. The highest BCUT2D eigenvalue weighted by Crippen LogP contribution is 2.03. The van der Waals surface area contributed by atoms with E-state index in [1.54, 1.807) is 0 Å². The van der Waals surface area contributed by atoms with Gasteiger partial charge in [-0.1, -0.05) is 76.7 Å². The molecule has 3 N–H and O–H groups in total. The average molecular weight is 338 g/mol. The van der Waals surface area contributed by atoms with Gasteiger partial charge >= 0.3 is 8.56 Å². The Morgan fingerprint density at radius 3 is 1.73 bits per heavy atom. The first kappa shape index (κ1) is 19.6. The summed E-state index contributed by atoms with van der Waals surface area (Å²) in [7, 11) is -3.48. The van der Waals surface area contributed by atoms with Crippen molar-refractivity contribution in [2.75, 3.05) is 13.1 Å². The quantitative estimate of drug-likeness (QED) is 0.429. The molecule has 0 spiro atoms. The smallest absolute Gasteiger partial charge is 0.308 e. The van der Waals surface area contributed by atoms with Crippen LogP contribution < -0.4 is 19.8 Å². The molecule has 0 saturated heterocycles. The van der Waals surface area contributed by atoms with Gasteiger partial charge in [0, 0.05) is 0 Å². The Morgan fingerprint density at radius 2 is 1.32 bits per heavy atom. The highest BCUT2D eigenvalue weighted by molar-refractivity contribution is 6.96. The summed E-state index contributed by atoms with van der Waals surface area (Å²) < 4.78 is 4.06. The normalized spacial score (nSPS) is 12.6. The maximum absolute atomic E-state index is 4.06. The zero-order chi connectivity index (χ0) is 16.5. The lowest BCUT2D eigenvalue weighted by atomic mass is 10.3. The molecular formula is C17H35N3Si2. The lowest BCUT2D eigenvalue weighted by Gasteiger charge is -2.39. The predicted octanol–water partition coefficient (Wildman–Crippen LogP) is 3.04. The average Bonchev–Trinajstić information content (AvgIpc) is 2.47. The molecule has 0 atom stereocenters. The molecule has 0 aliphatic heterocycles. The summed E-state index contributed by atoms with van der Waals surface area (Å²) in [5, 5.41) is 1.42. The molecule has 0 radical (unpaired) electrons. The molecule has 126 valence electrons. The van der Waals surface area contributed by atoms with Crippen molar-refractivity contribution in [3.8, 4) is 0 Å². The molecule has 0 aromatic heterocycles. The predicted molar refractivity (Wildman–Crippen MR) is 104 cm³/mol. The minimum absolute atomic E-state index is 1.08. The molecule has 0 unspecified atom stereocenters. The molecule has 22 heavy (non-hydrogen) atoms. The molecule has 5 heteroatoms. The van der Waals surface area contributed by atoms with Gasteiger partial charge in [0.25, 0.3) is 0 Å². The van der Waals surface area contributed by atoms with E-state index >= 15 is 0 Å². The molecule has 0 aliphatic rings. The molecule has 1 aromatic carbocycles. The summed E-state index contributed by atoms with van der Waals surface area (Å²) in [6.07, 6.45) is 4.91. The Kier molecular flexibility index (Phi) is 8.56. The summed E-state index contributed by atoms with van der Waals surface area (Å²) in [6.45, 7) is 13.8. The monoisotopic (exact) mass is 337 g/mol. The third-order valence-electron chi connectivity index (χ3n) is 3.61. The fourth-order valence-corrected chi connectivity index (χ4v) is 10.7. The SMILES string of the molecule is CCCCN[Si](NCCCC)(N[Si](C)(C)C)c1ccccc1. The Hall–Kier alpha value is -0.466. The topological polar surface area (TPSA) is 36.1 Å². The van der Waals surface area contributed by atoms with E-state index in [0.29, 0.717) is 0 Å². The van der Waals surface area contributed by atoms with E-state index in [-0.39, 0.29) is 0 Å². The van der Waals surface area contributed by atoms with Gasteiger partial charge in [-0.15, -0.1) is 0 Å². The number of hydrogen-bond donors (Lipinski definition) is 3. The van der Waals surface area contributed by atoms with E-state index in [1.165, 1.54) is 30.9 Å². The minimum Gasteiger partial charge on any atom is -0.331 e. The van der Waals surface area contributed by atoms with Gasteiger partial charge in [0.1, 0.15) is 8.24 Å². The van der Waals surface area contributed by atoms with Crippen molar-refractivity contribution in [3.05, 3.63) is 30.3 Å². The van der Waals surface area contributed by atoms with Gasteiger partial charge in [-0.2, -0.15) is 0 Å². The molecule has 0 heterocycles. The summed E-state index contributed by atoms with van der Waals surface area (Å²) in [4.78, 5) is 7.83. The molecule has 3 nitrogen and oxygen atoms in total. The third-order valence-corrected chi connectivity index (χ3v) is 10.9. The van der Waals surface area contributed by atoms with Crippen LogP contribution in [0.5, 0.6) is 0 Å². The third kappa shape index (κ3) is 6.75. The minimum atomic E-state index is -2.07. The van der Waals surface area contributed by atoms with Crippen LogP contribution in [-0.2, 0) is 0 Å². The molecule has 0 fully saturated rings. The standard InChI is InChI=1S/C17H35N3Si2/c1-6-8-15-18-22(19-16-9-7-2,20-21(3,4)5)17-13-11-10-12-14-17/h10-14,18-20H,6-9,15-16H2,1-5H3. The van der Waals surface area contributed by atoms with E-state index in [1.807, 2.05) is 0 Å². The van der Waals surface area contributed by atoms with E-state index in [4.69, 9.17) is 0 Å². The Labute approximate surface area is 139 Å². The van der Waals surface area contributed by atoms with Gasteiger partial charge in [0.15, 0.2) is 0 Å². The number of hydrogen-bond acceptors (Lipinski definition) is 3. The van der Waals surface area contributed by atoms with Crippen molar-refractivity contribution in [1.29, 1.82) is 0 Å². The van der Waals surface area contributed by atoms with E-state index in [2.05, 4.69) is 78.4 Å². The second-order valence-electron chi connectivity index (χ2n) is 7.05. The lowest BCUT2D eigenvalue weighted by Crippen LogP contribution is -2.83. The number of rotatable bonds is 11. The fraction of sp³-hybridized carbons (Fsp3) is 0.647. The molecule has 0 aliphatic carbocycles. The summed E-state index contributed by atoms with van der Waals surface area (Å²) in [5.74, 6) is 0. The van der Waals surface area contributed by atoms with Crippen LogP contribution in [0.15, 0.2) is 30.3 Å². The van der Waals surface area contributed by atoms with Crippen LogP contribution in [0, 0.1) is 0 Å². The van der Waals surface area contributed by atoms with Gasteiger partial charge in [-0.05, 0) is 31.1 Å². The van der Waals surface area contributed by atoms with Crippen LogP contribution >= 0.6 is 0 Å². The van der Waals surface area contributed by atoms with Crippen molar-refractivity contribution >= 4 is 22.0 Å². The summed E-state index contributed by atoms with van der Waals surface area (Å²) in [6, 6.07) is 11.0. The van der Waals surface area contributed by atoms with Crippen LogP contribution in [0.4, 0.5) is 0 Å². The van der Waals surface area contributed by atoms with Crippen LogP contribution in [0.1, 0.15) is 39.5 Å². The first-order valence-electron chi connectivity index (χ1n) is 8.78. The molecule has 1 aromatic rings. The van der Waals surface area contributed by atoms with Gasteiger partial charge in [-0.25, -0.2) is 0 Å². The maximum Gasteiger partial charge on any atom is 0.308 e. The fourth-order valence-electron chi connectivity index (χ4n) is 2.58. The maximum atomic E-state index is 4.06. The molecule has 0 saturated carbocycles. The Balaban J connectivity index is 3.04. The number of benzene rings is 1. The van der Waals surface area contributed by atoms with Gasteiger partial charge in [0.05, 0.1) is 0 Å². The van der Waals surface area contributed by atoms with Crippen molar-refractivity contribution in [1.82, 2.24) is 14.6 Å². The second-order valence-corrected chi connectivity index (χ2v) is 15.3. The van der Waals surface area contributed by atoms with E-state index in [9.17, 15) is 0 Å². The van der Waals surface area contributed by atoms with Crippen molar-refractivity contribution in [2.24, 2.45) is 0 Å². The Morgan fingerprint density at radius 1 is 0.818 bits per heavy atom. The molecule has 0 amide bonds.